The number of hydrogen-bond donors (Lipinski definition) is 0. The topological polar surface area (TPSA) is 6.48 Å². The first-order valence-electron chi connectivity index (χ1n) is 14.7. The summed E-state index contributed by atoms with van der Waals surface area (Å²) in [5, 5.41) is 2.57. The maximum atomic E-state index is 2.36. The van der Waals surface area contributed by atoms with Gasteiger partial charge in [0, 0.05) is 55.7 Å². The second-order valence-corrected chi connectivity index (χ2v) is 12.5. The van der Waals surface area contributed by atoms with E-state index in [0.29, 0.717) is 0 Å². The van der Waals surface area contributed by atoms with Gasteiger partial charge in [-0.2, -0.15) is 0 Å². The average molecular weight is 575 g/mol. The first-order valence-corrected chi connectivity index (χ1v) is 15.6. The summed E-state index contributed by atoms with van der Waals surface area (Å²) in [7, 11) is 2.14. The van der Waals surface area contributed by atoms with Gasteiger partial charge in [-0.3, -0.25) is 0 Å². The Balaban J connectivity index is 1.32. The summed E-state index contributed by atoms with van der Waals surface area (Å²) in [6, 6.07) is 48.9. The Kier molecular flexibility index (Phi) is 6.96. The summed E-state index contributed by atoms with van der Waals surface area (Å²) in [6.07, 6.45) is 0. The molecule has 0 atom stereocenters. The van der Waals surface area contributed by atoms with Crippen LogP contribution in [0.5, 0.6) is 0 Å². The number of benzene rings is 6. The molecule has 0 aliphatic carbocycles. The van der Waals surface area contributed by atoms with Crippen LogP contribution < -0.4 is 9.80 Å². The third-order valence-corrected chi connectivity index (χ3v) is 9.46. The van der Waals surface area contributed by atoms with E-state index in [1.54, 1.807) is 0 Å². The predicted molar refractivity (Wildman–Crippen MR) is 188 cm³/mol. The van der Waals surface area contributed by atoms with E-state index in [2.05, 4.69) is 171 Å². The van der Waals surface area contributed by atoms with E-state index in [1.165, 1.54) is 59.4 Å². The Morgan fingerprint density at radius 2 is 0.767 bits per heavy atom. The molecule has 7 rings (SSSR count). The lowest BCUT2D eigenvalue weighted by Crippen LogP contribution is -2.10. The second-order valence-electron chi connectivity index (χ2n) is 11.4. The van der Waals surface area contributed by atoms with Gasteiger partial charge in [-0.1, -0.05) is 77.4 Å². The molecule has 3 heteroatoms. The quantitative estimate of drug-likeness (QED) is 0.195. The van der Waals surface area contributed by atoms with Crippen LogP contribution in [0.15, 0.2) is 133 Å². The zero-order valence-corrected chi connectivity index (χ0v) is 25.8. The van der Waals surface area contributed by atoms with Gasteiger partial charge < -0.3 is 9.80 Å². The summed E-state index contributed by atoms with van der Waals surface area (Å²) in [5.74, 6) is 0. The summed E-state index contributed by atoms with van der Waals surface area (Å²) < 4.78 is 2.60. The fraction of sp³-hybridized carbons (Fsp3) is 0.100. The van der Waals surface area contributed by atoms with Crippen LogP contribution in [0.2, 0.25) is 0 Å². The van der Waals surface area contributed by atoms with Crippen LogP contribution in [0.3, 0.4) is 0 Å². The maximum absolute atomic E-state index is 2.36. The zero-order chi connectivity index (χ0) is 29.5. The molecule has 2 nitrogen and oxygen atoms in total. The molecule has 7 aromatic rings. The molecule has 0 bridgehead atoms. The summed E-state index contributed by atoms with van der Waals surface area (Å²) >= 11 is 1.86. The van der Waals surface area contributed by atoms with Crippen molar-refractivity contribution in [3.8, 4) is 11.1 Å². The molecule has 0 aliphatic heterocycles. The van der Waals surface area contributed by atoms with Crippen molar-refractivity contribution >= 4 is 59.9 Å². The van der Waals surface area contributed by atoms with Crippen molar-refractivity contribution in [3.63, 3.8) is 0 Å². The van der Waals surface area contributed by atoms with Crippen molar-refractivity contribution < 1.29 is 0 Å². The fourth-order valence-corrected chi connectivity index (χ4v) is 6.78. The van der Waals surface area contributed by atoms with Gasteiger partial charge in [0.15, 0.2) is 0 Å². The van der Waals surface area contributed by atoms with Crippen LogP contribution in [0.4, 0.5) is 28.4 Å². The molecule has 0 aliphatic rings. The first kappa shape index (κ1) is 27.0. The van der Waals surface area contributed by atoms with Gasteiger partial charge in [-0.15, -0.1) is 11.3 Å². The van der Waals surface area contributed by atoms with Crippen molar-refractivity contribution in [1.82, 2.24) is 0 Å². The Bertz CT molecular complexity index is 2040. The number of fused-ring (bicyclic) bond motifs is 3. The molecule has 0 saturated heterocycles. The third kappa shape index (κ3) is 5.29. The van der Waals surface area contributed by atoms with E-state index < -0.39 is 0 Å². The SMILES string of the molecule is Cc1ccc(-c2ccc(N(c3ccc(C)cc3)c3ccc4sc5ccc(N(C)c6ccc(C)cc6)cc5c4c3)cc2)cc1. The Hall–Kier alpha value is -4.86. The smallest absolute Gasteiger partial charge is 0.0468 e. The largest absolute Gasteiger partial charge is 0.345 e. The van der Waals surface area contributed by atoms with E-state index in [1.807, 2.05) is 11.3 Å². The van der Waals surface area contributed by atoms with Gasteiger partial charge in [-0.25, -0.2) is 0 Å². The molecule has 0 spiro atoms. The molecule has 6 aromatic carbocycles. The monoisotopic (exact) mass is 574 g/mol. The molecule has 0 amide bonds. The number of nitrogens with zero attached hydrogens (tertiary/aromatic N) is 2. The Morgan fingerprint density at radius 3 is 1.30 bits per heavy atom. The normalized spacial score (nSPS) is 11.3. The molecule has 0 N–H and O–H groups in total. The molecule has 0 unspecified atom stereocenters. The lowest BCUT2D eigenvalue weighted by molar-refractivity contribution is 1.21. The van der Waals surface area contributed by atoms with Gasteiger partial charge in [0.25, 0.3) is 0 Å². The number of rotatable bonds is 6. The van der Waals surface area contributed by atoms with Crippen LogP contribution in [-0.4, -0.2) is 7.05 Å². The lowest BCUT2D eigenvalue weighted by Gasteiger charge is -2.26. The van der Waals surface area contributed by atoms with E-state index in [0.717, 1.165) is 17.1 Å². The standard InChI is InChI=1S/C40H34N2S/c1-27-5-11-30(12-6-27)31-13-19-34(20-14-31)42(33-17-9-29(3)10-18-33)36-22-24-40-38(26-36)37-25-35(21-23-39(37)43-40)41(4)32-15-7-28(2)8-16-32/h5-26H,1-4H3. The molecule has 1 aromatic heterocycles. The Morgan fingerprint density at radius 1 is 0.395 bits per heavy atom. The highest BCUT2D eigenvalue weighted by atomic mass is 32.1. The van der Waals surface area contributed by atoms with Gasteiger partial charge in [0.2, 0.25) is 0 Å². The van der Waals surface area contributed by atoms with E-state index >= 15 is 0 Å². The molecular formula is C40H34N2S. The molecule has 1 heterocycles. The van der Waals surface area contributed by atoms with Crippen molar-refractivity contribution in [2.45, 2.75) is 20.8 Å². The fourth-order valence-electron chi connectivity index (χ4n) is 5.71. The Labute approximate surface area is 258 Å². The van der Waals surface area contributed by atoms with Crippen LogP contribution in [0.1, 0.15) is 16.7 Å². The molecule has 0 fully saturated rings. The summed E-state index contributed by atoms with van der Waals surface area (Å²) in [5.41, 5.74) is 12.1. The molecule has 210 valence electrons. The van der Waals surface area contributed by atoms with Crippen molar-refractivity contribution in [1.29, 1.82) is 0 Å². The zero-order valence-electron chi connectivity index (χ0n) is 25.0. The van der Waals surface area contributed by atoms with Gasteiger partial charge in [-0.05, 0) is 105 Å². The van der Waals surface area contributed by atoms with Gasteiger partial charge in [0.05, 0.1) is 0 Å². The van der Waals surface area contributed by atoms with Crippen molar-refractivity contribution in [3.05, 3.63) is 150 Å². The lowest BCUT2D eigenvalue weighted by atomic mass is 10.0. The molecule has 43 heavy (non-hydrogen) atoms. The first-order chi connectivity index (χ1) is 20.9. The third-order valence-electron chi connectivity index (χ3n) is 8.31. The molecule has 0 saturated carbocycles. The summed E-state index contributed by atoms with van der Waals surface area (Å²) in [4.78, 5) is 4.63. The minimum absolute atomic E-state index is 1.14. The van der Waals surface area contributed by atoms with Crippen molar-refractivity contribution in [2.75, 3.05) is 16.8 Å². The van der Waals surface area contributed by atoms with Crippen LogP contribution in [0.25, 0.3) is 31.3 Å². The van der Waals surface area contributed by atoms with Crippen molar-refractivity contribution in [2.24, 2.45) is 0 Å². The summed E-state index contributed by atoms with van der Waals surface area (Å²) in [6.45, 7) is 6.39. The highest BCUT2D eigenvalue weighted by molar-refractivity contribution is 7.25. The number of hydrogen-bond acceptors (Lipinski definition) is 3. The molecule has 0 radical (unpaired) electrons. The van der Waals surface area contributed by atoms with E-state index in [4.69, 9.17) is 0 Å². The maximum Gasteiger partial charge on any atom is 0.0468 e. The predicted octanol–water partition coefficient (Wildman–Crippen LogP) is 11.9. The second kappa shape index (κ2) is 11.1. The van der Waals surface area contributed by atoms with E-state index in [-0.39, 0.29) is 0 Å². The van der Waals surface area contributed by atoms with Crippen LogP contribution >= 0.6 is 11.3 Å². The number of aryl methyl sites for hydroxylation is 3. The number of anilines is 5. The highest BCUT2D eigenvalue weighted by Crippen LogP contribution is 2.42. The van der Waals surface area contributed by atoms with Gasteiger partial charge >= 0.3 is 0 Å². The highest BCUT2D eigenvalue weighted by Gasteiger charge is 2.16. The minimum atomic E-state index is 1.14. The van der Waals surface area contributed by atoms with Crippen LogP contribution in [0, 0.1) is 20.8 Å². The minimum Gasteiger partial charge on any atom is -0.345 e. The average Bonchev–Trinajstić information content (AvgIpc) is 3.40. The van der Waals surface area contributed by atoms with Gasteiger partial charge in [0.1, 0.15) is 0 Å². The number of thiophene rings is 1. The molecular weight excluding hydrogens is 541 g/mol. The van der Waals surface area contributed by atoms with E-state index in [9.17, 15) is 0 Å². The van der Waals surface area contributed by atoms with Crippen LogP contribution in [-0.2, 0) is 0 Å².